The van der Waals surface area contributed by atoms with E-state index in [-0.39, 0.29) is 11.7 Å². The van der Waals surface area contributed by atoms with Crippen LogP contribution in [0, 0.1) is 0 Å². The molecule has 2 unspecified atom stereocenters. The molecule has 0 aromatic carbocycles. The molecule has 0 fully saturated rings. The summed E-state index contributed by atoms with van der Waals surface area (Å²) in [5, 5.41) is 3.20. The molecule has 0 aliphatic heterocycles. The van der Waals surface area contributed by atoms with Gasteiger partial charge in [-0.15, -0.1) is 0 Å². The molecule has 0 bridgehead atoms. The van der Waals surface area contributed by atoms with Crippen molar-refractivity contribution >= 4 is 0 Å². The highest BCUT2D eigenvalue weighted by molar-refractivity contribution is 4.62. The molecular formula is C12H27NO2. The van der Waals surface area contributed by atoms with Gasteiger partial charge < -0.3 is 14.8 Å². The molecule has 0 aromatic rings. The first-order chi connectivity index (χ1) is 6.85. The maximum atomic E-state index is 5.64. The Labute approximate surface area is 94.5 Å². The van der Waals surface area contributed by atoms with Crippen LogP contribution < -0.4 is 5.32 Å². The third kappa shape index (κ3) is 10.2. The third-order valence-corrected chi connectivity index (χ3v) is 2.20. The predicted octanol–water partition coefficient (Wildman–Crippen LogP) is 2.20. The Balaban J connectivity index is 3.43. The van der Waals surface area contributed by atoms with E-state index in [1.165, 1.54) is 0 Å². The molecule has 0 amide bonds. The zero-order valence-electron chi connectivity index (χ0n) is 11.1. The lowest BCUT2D eigenvalue weighted by atomic mass is 10.1. The van der Waals surface area contributed by atoms with E-state index in [0.717, 1.165) is 6.42 Å². The monoisotopic (exact) mass is 217 g/mol. The molecule has 0 saturated heterocycles. The Kier molecular flexibility index (Phi) is 7.14. The van der Waals surface area contributed by atoms with Crippen molar-refractivity contribution in [1.29, 1.82) is 0 Å². The zero-order valence-corrected chi connectivity index (χ0v) is 11.1. The second-order valence-corrected chi connectivity index (χ2v) is 5.07. The van der Waals surface area contributed by atoms with Gasteiger partial charge in [-0.2, -0.15) is 0 Å². The van der Waals surface area contributed by atoms with Crippen LogP contribution in [0.25, 0.3) is 0 Å². The van der Waals surface area contributed by atoms with Crippen LogP contribution in [0.3, 0.4) is 0 Å². The molecule has 3 nitrogen and oxygen atoms in total. The van der Waals surface area contributed by atoms with E-state index in [4.69, 9.17) is 9.47 Å². The Hall–Kier alpha value is -0.120. The van der Waals surface area contributed by atoms with E-state index < -0.39 is 0 Å². The lowest BCUT2D eigenvalue weighted by molar-refractivity contribution is -0.0505. The largest absolute Gasteiger partial charge is 0.376 e. The van der Waals surface area contributed by atoms with Crippen molar-refractivity contribution in [2.45, 2.75) is 58.8 Å². The van der Waals surface area contributed by atoms with Crippen LogP contribution in [0.2, 0.25) is 0 Å². The lowest BCUT2D eigenvalue weighted by Crippen LogP contribution is -2.28. The van der Waals surface area contributed by atoms with E-state index >= 15 is 0 Å². The number of hydrogen-bond acceptors (Lipinski definition) is 3. The average molecular weight is 217 g/mol. The van der Waals surface area contributed by atoms with Gasteiger partial charge in [0, 0.05) is 6.04 Å². The van der Waals surface area contributed by atoms with Gasteiger partial charge >= 0.3 is 0 Å². The van der Waals surface area contributed by atoms with Gasteiger partial charge in [0.1, 0.15) is 0 Å². The molecule has 0 aromatic heterocycles. The van der Waals surface area contributed by atoms with Gasteiger partial charge in [-0.05, 0) is 48.1 Å². The Morgan fingerprint density at radius 1 is 1.13 bits per heavy atom. The highest BCUT2D eigenvalue weighted by Gasteiger charge is 2.10. The standard InChI is InChI=1S/C12H27NO2/c1-10(13-6)9-11(2)14-7-8-15-12(3,4)5/h10-11,13H,7-9H2,1-6H3. The smallest absolute Gasteiger partial charge is 0.0707 e. The van der Waals surface area contributed by atoms with Crippen molar-refractivity contribution in [2.75, 3.05) is 20.3 Å². The minimum Gasteiger partial charge on any atom is -0.376 e. The van der Waals surface area contributed by atoms with E-state index in [9.17, 15) is 0 Å². The summed E-state index contributed by atoms with van der Waals surface area (Å²) in [5.41, 5.74) is -0.0646. The van der Waals surface area contributed by atoms with Crippen molar-refractivity contribution in [1.82, 2.24) is 5.32 Å². The summed E-state index contributed by atoms with van der Waals surface area (Å²) in [6.45, 7) is 11.8. The third-order valence-electron chi connectivity index (χ3n) is 2.20. The topological polar surface area (TPSA) is 30.5 Å². The molecule has 0 aliphatic rings. The molecule has 1 N–H and O–H groups in total. The fourth-order valence-corrected chi connectivity index (χ4v) is 1.28. The first-order valence-corrected chi connectivity index (χ1v) is 5.78. The normalized spacial score (nSPS) is 16.4. The van der Waals surface area contributed by atoms with E-state index in [2.05, 4.69) is 39.9 Å². The molecule has 92 valence electrons. The number of ether oxygens (including phenoxy) is 2. The van der Waals surface area contributed by atoms with Crippen molar-refractivity contribution in [2.24, 2.45) is 0 Å². The number of rotatable bonds is 7. The number of nitrogens with one attached hydrogen (secondary N) is 1. The molecule has 2 atom stereocenters. The minimum atomic E-state index is -0.0646. The fourth-order valence-electron chi connectivity index (χ4n) is 1.28. The van der Waals surface area contributed by atoms with Crippen LogP contribution in [0.5, 0.6) is 0 Å². The molecule has 0 aliphatic carbocycles. The summed E-state index contributed by atoms with van der Waals surface area (Å²) in [7, 11) is 1.97. The van der Waals surface area contributed by atoms with Crippen LogP contribution in [0.4, 0.5) is 0 Å². The van der Waals surface area contributed by atoms with Crippen molar-refractivity contribution in [3.05, 3.63) is 0 Å². The first-order valence-electron chi connectivity index (χ1n) is 5.78. The van der Waals surface area contributed by atoms with Crippen LogP contribution in [-0.4, -0.2) is 38.0 Å². The second-order valence-electron chi connectivity index (χ2n) is 5.07. The van der Waals surface area contributed by atoms with Crippen LogP contribution >= 0.6 is 0 Å². The molecule has 15 heavy (non-hydrogen) atoms. The molecule has 0 heterocycles. The van der Waals surface area contributed by atoms with Gasteiger partial charge in [0.2, 0.25) is 0 Å². The van der Waals surface area contributed by atoms with Crippen LogP contribution in [-0.2, 0) is 9.47 Å². The summed E-state index contributed by atoms with van der Waals surface area (Å²) in [6.07, 6.45) is 1.32. The molecular weight excluding hydrogens is 190 g/mol. The van der Waals surface area contributed by atoms with Gasteiger partial charge in [-0.25, -0.2) is 0 Å². The van der Waals surface area contributed by atoms with Gasteiger partial charge in [0.15, 0.2) is 0 Å². The first kappa shape index (κ1) is 14.9. The maximum Gasteiger partial charge on any atom is 0.0707 e. The summed E-state index contributed by atoms with van der Waals surface area (Å²) in [4.78, 5) is 0. The molecule has 0 rings (SSSR count). The highest BCUT2D eigenvalue weighted by Crippen LogP contribution is 2.07. The second kappa shape index (κ2) is 7.20. The zero-order chi connectivity index (χ0) is 11.9. The molecule has 0 radical (unpaired) electrons. The van der Waals surface area contributed by atoms with Crippen molar-refractivity contribution in [3.63, 3.8) is 0 Å². The SMILES string of the molecule is CNC(C)CC(C)OCCOC(C)(C)C. The van der Waals surface area contributed by atoms with Crippen molar-refractivity contribution in [3.8, 4) is 0 Å². The maximum absolute atomic E-state index is 5.64. The quantitative estimate of drug-likeness (QED) is 0.663. The fraction of sp³-hybridized carbons (Fsp3) is 1.00. The summed E-state index contributed by atoms with van der Waals surface area (Å²) >= 11 is 0. The van der Waals surface area contributed by atoms with E-state index in [0.29, 0.717) is 19.3 Å². The lowest BCUT2D eigenvalue weighted by Gasteiger charge is -2.21. The minimum absolute atomic E-state index is 0.0646. The highest BCUT2D eigenvalue weighted by atomic mass is 16.5. The van der Waals surface area contributed by atoms with Gasteiger partial charge in [0.05, 0.1) is 24.9 Å². The van der Waals surface area contributed by atoms with E-state index in [1.54, 1.807) is 0 Å². The van der Waals surface area contributed by atoms with Gasteiger partial charge in [-0.3, -0.25) is 0 Å². The summed E-state index contributed by atoms with van der Waals surface area (Å²) in [6, 6.07) is 0.503. The Bertz CT molecular complexity index is 154. The summed E-state index contributed by atoms with van der Waals surface area (Å²) in [5.74, 6) is 0. The van der Waals surface area contributed by atoms with Crippen LogP contribution in [0.1, 0.15) is 41.0 Å². The molecule has 3 heteroatoms. The Morgan fingerprint density at radius 2 is 1.73 bits per heavy atom. The predicted molar refractivity (Wildman–Crippen MR) is 64.3 cm³/mol. The Morgan fingerprint density at radius 3 is 2.20 bits per heavy atom. The molecule has 0 spiro atoms. The summed E-state index contributed by atoms with van der Waals surface area (Å²) < 4.78 is 11.2. The van der Waals surface area contributed by atoms with E-state index in [1.807, 2.05) is 7.05 Å². The molecule has 0 saturated carbocycles. The van der Waals surface area contributed by atoms with Crippen molar-refractivity contribution < 1.29 is 9.47 Å². The number of hydrogen-bond donors (Lipinski definition) is 1. The van der Waals surface area contributed by atoms with Crippen LogP contribution in [0.15, 0.2) is 0 Å². The van der Waals surface area contributed by atoms with Gasteiger partial charge in [0.25, 0.3) is 0 Å². The average Bonchev–Trinajstić information content (AvgIpc) is 2.11. The van der Waals surface area contributed by atoms with Gasteiger partial charge in [-0.1, -0.05) is 0 Å².